The van der Waals surface area contributed by atoms with Gasteiger partial charge < -0.3 is 0 Å². The highest BCUT2D eigenvalue weighted by atomic mass is 16.1. The van der Waals surface area contributed by atoms with Crippen molar-refractivity contribution in [2.24, 2.45) is 10.9 Å². The molecular formula is C9H9NO. The van der Waals surface area contributed by atoms with Gasteiger partial charge in [0, 0.05) is 5.92 Å². The molecule has 2 nitrogen and oxygen atoms in total. The Morgan fingerprint density at radius 2 is 2.36 bits per heavy atom. The van der Waals surface area contributed by atoms with E-state index in [0.717, 1.165) is 12.1 Å². The quantitative estimate of drug-likeness (QED) is 0.472. The average Bonchev–Trinajstić information content (AvgIpc) is 2.06. The maximum absolute atomic E-state index is 11.2. The molecule has 0 saturated heterocycles. The lowest BCUT2D eigenvalue weighted by Crippen LogP contribution is -2.26. The van der Waals surface area contributed by atoms with Crippen molar-refractivity contribution >= 4 is 11.5 Å². The van der Waals surface area contributed by atoms with Crippen LogP contribution in [-0.4, -0.2) is 18.0 Å². The molecule has 0 aromatic rings. The first-order valence-electron chi connectivity index (χ1n) is 3.80. The van der Waals surface area contributed by atoms with Gasteiger partial charge in [0.05, 0.1) is 12.3 Å². The van der Waals surface area contributed by atoms with Crippen molar-refractivity contribution in [1.29, 1.82) is 0 Å². The summed E-state index contributed by atoms with van der Waals surface area (Å²) >= 11 is 0. The lowest BCUT2D eigenvalue weighted by Gasteiger charge is -2.18. The van der Waals surface area contributed by atoms with Gasteiger partial charge in [-0.1, -0.05) is 18.2 Å². The van der Waals surface area contributed by atoms with Crippen LogP contribution in [0.5, 0.6) is 0 Å². The molecule has 0 radical (unpaired) electrons. The highest BCUT2D eigenvalue weighted by Crippen LogP contribution is 2.17. The van der Waals surface area contributed by atoms with Crippen molar-refractivity contribution in [2.75, 3.05) is 6.54 Å². The molecular weight excluding hydrogens is 138 g/mol. The van der Waals surface area contributed by atoms with Crippen LogP contribution in [0, 0.1) is 5.92 Å². The summed E-state index contributed by atoms with van der Waals surface area (Å²) in [5, 5.41) is 0. The molecule has 11 heavy (non-hydrogen) atoms. The minimum Gasteiger partial charge on any atom is -0.288 e. The largest absolute Gasteiger partial charge is 0.288 e. The van der Waals surface area contributed by atoms with Crippen molar-refractivity contribution in [3.63, 3.8) is 0 Å². The summed E-state index contributed by atoms with van der Waals surface area (Å²) in [5.74, 6) is 0.354. The average molecular weight is 147 g/mol. The molecule has 2 rings (SSSR count). The Labute approximate surface area is 65.3 Å². The first-order valence-corrected chi connectivity index (χ1v) is 3.80. The van der Waals surface area contributed by atoms with E-state index in [1.807, 2.05) is 12.2 Å². The number of allylic oxidation sites excluding steroid dienone is 3. The minimum atomic E-state index is 0.0885. The number of rotatable bonds is 0. The van der Waals surface area contributed by atoms with Crippen molar-refractivity contribution in [3.8, 4) is 0 Å². The van der Waals surface area contributed by atoms with Gasteiger partial charge in [-0.25, -0.2) is 0 Å². The van der Waals surface area contributed by atoms with Gasteiger partial charge in [-0.05, 0) is 12.5 Å². The maximum Gasteiger partial charge on any atom is 0.199 e. The van der Waals surface area contributed by atoms with Crippen LogP contribution < -0.4 is 0 Å². The van der Waals surface area contributed by atoms with E-state index >= 15 is 0 Å². The van der Waals surface area contributed by atoms with Gasteiger partial charge >= 0.3 is 0 Å². The predicted molar refractivity (Wildman–Crippen MR) is 43.7 cm³/mol. The first kappa shape index (κ1) is 6.53. The van der Waals surface area contributed by atoms with Gasteiger partial charge in [-0.2, -0.15) is 0 Å². The fraction of sp³-hybridized carbons (Fsp3) is 0.333. The number of nitrogens with zero attached hydrogens (tertiary/aromatic N) is 1. The zero-order chi connectivity index (χ0) is 7.68. The summed E-state index contributed by atoms with van der Waals surface area (Å²) in [6, 6.07) is 0. The second-order valence-corrected chi connectivity index (χ2v) is 2.76. The van der Waals surface area contributed by atoms with Gasteiger partial charge in [-0.15, -0.1) is 0 Å². The number of carbonyl (C=O) groups is 1. The fourth-order valence-corrected chi connectivity index (χ4v) is 1.44. The number of carbonyl (C=O) groups excluding carboxylic acids is 1. The number of fused-ring (bicyclic) bond motifs is 1. The van der Waals surface area contributed by atoms with Gasteiger partial charge in [0.25, 0.3) is 0 Å². The van der Waals surface area contributed by atoms with Crippen LogP contribution in [0.3, 0.4) is 0 Å². The Balaban J connectivity index is 2.35. The standard InChI is InChI=1S/C9H9NO/c11-8-5-1-3-7-4-2-6-10-9(7)8/h1-2,4-5,7H,3,6H2. The molecule has 0 aromatic carbocycles. The summed E-state index contributed by atoms with van der Waals surface area (Å²) in [4.78, 5) is 15.3. The van der Waals surface area contributed by atoms with Gasteiger partial charge in [-0.3, -0.25) is 9.79 Å². The Morgan fingerprint density at radius 1 is 1.45 bits per heavy atom. The summed E-state index contributed by atoms with van der Waals surface area (Å²) in [7, 11) is 0. The highest BCUT2D eigenvalue weighted by Gasteiger charge is 2.22. The van der Waals surface area contributed by atoms with E-state index in [1.54, 1.807) is 6.08 Å². The van der Waals surface area contributed by atoms with Crippen molar-refractivity contribution in [1.82, 2.24) is 0 Å². The Morgan fingerprint density at radius 3 is 3.18 bits per heavy atom. The lowest BCUT2D eigenvalue weighted by atomic mass is 9.89. The SMILES string of the molecule is O=C1C=CCC2C=CCN=C12. The van der Waals surface area contributed by atoms with Crippen LogP contribution >= 0.6 is 0 Å². The van der Waals surface area contributed by atoms with Crippen molar-refractivity contribution in [3.05, 3.63) is 24.3 Å². The number of dihydropyridines is 1. The third-order valence-corrected chi connectivity index (χ3v) is 2.00. The van der Waals surface area contributed by atoms with Crippen LogP contribution in [0.25, 0.3) is 0 Å². The number of hydrogen-bond donors (Lipinski definition) is 0. The highest BCUT2D eigenvalue weighted by molar-refractivity contribution is 6.45. The molecule has 1 heterocycles. The second-order valence-electron chi connectivity index (χ2n) is 2.76. The van der Waals surface area contributed by atoms with E-state index in [0.29, 0.717) is 6.54 Å². The molecule has 0 aromatic heterocycles. The molecule has 2 heteroatoms. The first-order chi connectivity index (χ1) is 5.38. The molecule has 0 amide bonds. The molecule has 1 unspecified atom stereocenters. The Hall–Kier alpha value is -1.18. The minimum absolute atomic E-state index is 0.0885. The van der Waals surface area contributed by atoms with E-state index in [9.17, 15) is 4.79 Å². The molecule has 0 bridgehead atoms. The zero-order valence-electron chi connectivity index (χ0n) is 6.16. The molecule has 1 aliphatic carbocycles. The smallest absolute Gasteiger partial charge is 0.199 e. The van der Waals surface area contributed by atoms with Crippen LogP contribution in [-0.2, 0) is 4.79 Å². The third-order valence-electron chi connectivity index (χ3n) is 2.00. The third kappa shape index (κ3) is 1.04. The second kappa shape index (κ2) is 2.46. The van der Waals surface area contributed by atoms with Gasteiger partial charge in [0.15, 0.2) is 5.78 Å². The molecule has 0 saturated carbocycles. The summed E-state index contributed by atoms with van der Waals surface area (Å²) in [5.41, 5.74) is 0.745. The topological polar surface area (TPSA) is 29.4 Å². The van der Waals surface area contributed by atoms with E-state index in [2.05, 4.69) is 11.1 Å². The number of ketones is 1. The summed E-state index contributed by atoms with van der Waals surface area (Å²) in [6.45, 7) is 0.672. The molecule has 0 N–H and O–H groups in total. The summed E-state index contributed by atoms with van der Waals surface area (Å²) in [6.07, 6.45) is 8.56. The van der Waals surface area contributed by atoms with E-state index in [-0.39, 0.29) is 11.7 Å². The lowest BCUT2D eigenvalue weighted by molar-refractivity contribution is -0.109. The van der Waals surface area contributed by atoms with E-state index in [4.69, 9.17) is 0 Å². The Bertz CT molecular complexity index is 273. The molecule has 1 aliphatic heterocycles. The normalized spacial score (nSPS) is 28.2. The summed E-state index contributed by atoms with van der Waals surface area (Å²) < 4.78 is 0. The number of aliphatic imine (C=N–C) groups is 1. The molecule has 0 fully saturated rings. The fourth-order valence-electron chi connectivity index (χ4n) is 1.44. The van der Waals surface area contributed by atoms with Crippen molar-refractivity contribution < 1.29 is 4.79 Å². The van der Waals surface area contributed by atoms with Crippen molar-refractivity contribution in [2.45, 2.75) is 6.42 Å². The molecule has 1 atom stereocenters. The molecule has 2 aliphatic rings. The zero-order valence-corrected chi connectivity index (χ0v) is 6.16. The van der Waals surface area contributed by atoms with Gasteiger partial charge in [0.1, 0.15) is 0 Å². The van der Waals surface area contributed by atoms with Crippen LogP contribution in [0.2, 0.25) is 0 Å². The predicted octanol–water partition coefficient (Wildman–Crippen LogP) is 1.14. The van der Waals surface area contributed by atoms with E-state index in [1.165, 1.54) is 0 Å². The maximum atomic E-state index is 11.2. The molecule has 0 spiro atoms. The van der Waals surface area contributed by atoms with Gasteiger partial charge in [0.2, 0.25) is 0 Å². The molecule has 56 valence electrons. The van der Waals surface area contributed by atoms with E-state index < -0.39 is 0 Å². The Kier molecular flexibility index (Phi) is 1.46. The monoisotopic (exact) mass is 147 g/mol. The van der Waals surface area contributed by atoms with Crippen LogP contribution in [0.15, 0.2) is 29.3 Å². The number of hydrogen-bond acceptors (Lipinski definition) is 2. The van der Waals surface area contributed by atoms with Crippen LogP contribution in [0.4, 0.5) is 0 Å². The van der Waals surface area contributed by atoms with Crippen LogP contribution in [0.1, 0.15) is 6.42 Å².